The number of hydrogen-bond donors (Lipinski definition) is 0. The van der Waals surface area contributed by atoms with Crippen LogP contribution in [0.2, 0.25) is 0 Å². The molecule has 0 atom stereocenters. The Morgan fingerprint density at radius 3 is 2.10 bits per heavy atom. The number of benzene rings is 3. The number of methoxy groups -OCH3 is 1. The summed E-state index contributed by atoms with van der Waals surface area (Å²) in [6.45, 7) is 0. The molecule has 140 valence electrons. The zero-order chi connectivity index (χ0) is 19.8. The topological polar surface area (TPSA) is 73.7 Å². The molecule has 5 rings (SSSR count). The lowest BCUT2D eigenvalue weighted by Crippen LogP contribution is -2.07. The number of carbonyl (C=O) groups is 1. The lowest BCUT2D eigenvalue weighted by Gasteiger charge is -2.04. The standard InChI is InChI=1S/C23H15N3O3/c1-28-15-12-10-14(11-13-15)23(27)29-26-21-17-7-3-2-6-16(17)20-22(21)25-19-9-5-4-8-18(19)24-20/h2-13H,1H3/b26-21-. The second kappa shape index (κ2) is 6.83. The van der Waals surface area contributed by atoms with Gasteiger partial charge >= 0.3 is 5.97 Å². The van der Waals surface area contributed by atoms with Crippen molar-refractivity contribution in [3.8, 4) is 17.0 Å². The van der Waals surface area contributed by atoms with Gasteiger partial charge < -0.3 is 9.57 Å². The number of para-hydroxylation sites is 2. The quantitative estimate of drug-likeness (QED) is 0.345. The molecule has 0 unspecified atom stereocenters. The monoisotopic (exact) mass is 381 g/mol. The Kier molecular flexibility index (Phi) is 4.02. The van der Waals surface area contributed by atoms with Gasteiger partial charge in [-0.25, -0.2) is 14.8 Å². The molecule has 6 heteroatoms. The maximum atomic E-state index is 12.4. The van der Waals surface area contributed by atoms with E-state index in [2.05, 4.69) is 5.16 Å². The highest BCUT2D eigenvalue weighted by molar-refractivity contribution is 6.23. The normalized spacial score (nSPS) is 13.2. The summed E-state index contributed by atoms with van der Waals surface area (Å²) in [4.78, 5) is 27.2. The molecule has 0 aliphatic heterocycles. The van der Waals surface area contributed by atoms with Crippen LogP contribution < -0.4 is 4.74 Å². The van der Waals surface area contributed by atoms with Gasteiger partial charge in [-0.1, -0.05) is 41.6 Å². The van der Waals surface area contributed by atoms with Crippen molar-refractivity contribution in [1.29, 1.82) is 0 Å². The van der Waals surface area contributed by atoms with Crippen LogP contribution in [0.25, 0.3) is 22.3 Å². The van der Waals surface area contributed by atoms with Crippen molar-refractivity contribution in [3.05, 3.63) is 89.6 Å². The highest BCUT2D eigenvalue weighted by atomic mass is 16.7. The fraction of sp³-hybridized carbons (Fsp3) is 0.0435. The van der Waals surface area contributed by atoms with Gasteiger partial charge in [0.15, 0.2) is 0 Å². The molecule has 29 heavy (non-hydrogen) atoms. The van der Waals surface area contributed by atoms with E-state index in [0.717, 1.165) is 27.9 Å². The number of rotatable bonds is 3. The van der Waals surface area contributed by atoms with Crippen molar-refractivity contribution in [2.45, 2.75) is 0 Å². The van der Waals surface area contributed by atoms with Crippen molar-refractivity contribution in [2.24, 2.45) is 5.16 Å². The average Bonchev–Trinajstić information content (AvgIpc) is 3.08. The van der Waals surface area contributed by atoms with E-state index >= 15 is 0 Å². The molecule has 3 aromatic carbocycles. The van der Waals surface area contributed by atoms with E-state index < -0.39 is 5.97 Å². The van der Waals surface area contributed by atoms with Crippen molar-refractivity contribution in [2.75, 3.05) is 7.11 Å². The molecule has 0 N–H and O–H groups in total. The molecule has 4 aromatic rings. The van der Waals surface area contributed by atoms with Crippen LogP contribution in [-0.4, -0.2) is 28.8 Å². The Balaban J connectivity index is 1.56. The van der Waals surface area contributed by atoms with E-state index in [-0.39, 0.29) is 0 Å². The van der Waals surface area contributed by atoms with Gasteiger partial charge in [0.25, 0.3) is 0 Å². The van der Waals surface area contributed by atoms with E-state index in [1.165, 1.54) is 0 Å². The van der Waals surface area contributed by atoms with Crippen LogP contribution in [0.3, 0.4) is 0 Å². The third-order valence-electron chi connectivity index (χ3n) is 4.78. The van der Waals surface area contributed by atoms with Crippen LogP contribution in [0.1, 0.15) is 21.6 Å². The Morgan fingerprint density at radius 2 is 1.41 bits per heavy atom. The van der Waals surface area contributed by atoms with E-state index in [0.29, 0.717) is 22.7 Å². The van der Waals surface area contributed by atoms with Gasteiger partial charge in [-0.05, 0) is 36.4 Å². The smallest absolute Gasteiger partial charge is 0.365 e. The third kappa shape index (κ3) is 2.91. The van der Waals surface area contributed by atoms with Crippen LogP contribution in [0.5, 0.6) is 5.75 Å². The number of ether oxygens (including phenoxy) is 1. The lowest BCUT2D eigenvalue weighted by atomic mass is 10.1. The van der Waals surface area contributed by atoms with Gasteiger partial charge in [0.1, 0.15) is 17.2 Å². The SMILES string of the molecule is COc1ccc(C(=O)O/N=C2/c3ccccc3-c3nc4ccccc4nc32)cc1. The molecule has 1 aliphatic rings. The first-order chi connectivity index (χ1) is 14.2. The Hall–Kier alpha value is -4.06. The molecule has 1 aliphatic carbocycles. The predicted molar refractivity (Wildman–Crippen MR) is 109 cm³/mol. The van der Waals surface area contributed by atoms with E-state index in [1.54, 1.807) is 31.4 Å². The predicted octanol–water partition coefficient (Wildman–Crippen LogP) is 4.23. The zero-order valence-corrected chi connectivity index (χ0v) is 15.5. The third-order valence-corrected chi connectivity index (χ3v) is 4.78. The maximum Gasteiger partial charge on any atom is 0.365 e. The molecule has 1 heterocycles. The molecule has 0 spiro atoms. The van der Waals surface area contributed by atoms with Crippen LogP contribution in [0.15, 0.2) is 78.0 Å². The molecule has 0 saturated heterocycles. The van der Waals surface area contributed by atoms with Gasteiger partial charge in [-0.3, -0.25) is 0 Å². The molecule has 0 radical (unpaired) electrons. The minimum atomic E-state index is -0.556. The summed E-state index contributed by atoms with van der Waals surface area (Å²) in [6, 6.07) is 22.0. The van der Waals surface area contributed by atoms with Gasteiger partial charge in [-0.15, -0.1) is 0 Å². The first-order valence-electron chi connectivity index (χ1n) is 9.05. The summed E-state index contributed by atoms with van der Waals surface area (Å²) < 4.78 is 5.11. The van der Waals surface area contributed by atoms with Crippen LogP contribution >= 0.6 is 0 Å². The number of carbonyl (C=O) groups excluding carboxylic acids is 1. The summed E-state index contributed by atoms with van der Waals surface area (Å²) in [5.74, 6) is 0.105. The molecule has 0 bridgehead atoms. The number of oxime groups is 1. The van der Waals surface area contributed by atoms with Gasteiger partial charge in [-0.2, -0.15) is 0 Å². The first kappa shape index (κ1) is 17.1. The molecule has 0 saturated carbocycles. The Bertz CT molecular complexity index is 1280. The molecular weight excluding hydrogens is 366 g/mol. The van der Waals surface area contributed by atoms with Crippen molar-refractivity contribution >= 4 is 22.7 Å². The average molecular weight is 381 g/mol. The van der Waals surface area contributed by atoms with Crippen LogP contribution in [-0.2, 0) is 4.84 Å². The highest BCUT2D eigenvalue weighted by Crippen LogP contribution is 2.35. The second-order valence-corrected chi connectivity index (χ2v) is 6.50. The first-order valence-corrected chi connectivity index (χ1v) is 9.05. The van der Waals surface area contributed by atoms with Crippen molar-refractivity contribution < 1.29 is 14.4 Å². The summed E-state index contributed by atoms with van der Waals surface area (Å²) >= 11 is 0. The zero-order valence-electron chi connectivity index (χ0n) is 15.5. The number of hydrogen-bond acceptors (Lipinski definition) is 6. The maximum absolute atomic E-state index is 12.4. The summed E-state index contributed by atoms with van der Waals surface area (Å²) in [7, 11) is 1.57. The fourth-order valence-corrected chi connectivity index (χ4v) is 3.34. The van der Waals surface area contributed by atoms with Crippen LogP contribution in [0, 0.1) is 0 Å². The fourth-order valence-electron chi connectivity index (χ4n) is 3.34. The van der Waals surface area contributed by atoms with Crippen molar-refractivity contribution in [3.63, 3.8) is 0 Å². The minimum Gasteiger partial charge on any atom is -0.497 e. The number of nitrogens with zero attached hydrogens (tertiary/aromatic N) is 3. The molecular formula is C23H15N3O3. The number of aromatic nitrogens is 2. The van der Waals surface area contributed by atoms with Gasteiger partial charge in [0.2, 0.25) is 0 Å². The minimum absolute atomic E-state index is 0.381. The van der Waals surface area contributed by atoms with Gasteiger partial charge in [0, 0.05) is 11.1 Å². The van der Waals surface area contributed by atoms with Crippen molar-refractivity contribution in [1.82, 2.24) is 9.97 Å². The van der Waals surface area contributed by atoms with E-state index in [9.17, 15) is 4.79 Å². The Morgan fingerprint density at radius 1 is 0.793 bits per heavy atom. The molecule has 0 fully saturated rings. The number of fused-ring (bicyclic) bond motifs is 4. The summed E-state index contributed by atoms with van der Waals surface area (Å²) in [5, 5.41) is 4.16. The highest BCUT2D eigenvalue weighted by Gasteiger charge is 2.29. The summed E-state index contributed by atoms with van der Waals surface area (Å²) in [5.41, 5.74) is 5.53. The summed E-state index contributed by atoms with van der Waals surface area (Å²) in [6.07, 6.45) is 0. The van der Waals surface area contributed by atoms with Gasteiger partial charge in [0.05, 0.1) is 29.4 Å². The molecule has 0 amide bonds. The second-order valence-electron chi connectivity index (χ2n) is 6.50. The largest absolute Gasteiger partial charge is 0.497 e. The van der Waals surface area contributed by atoms with Crippen LogP contribution in [0.4, 0.5) is 0 Å². The molecule has 1 aromatic heterocycles. The molecule has 6 nitrogen and oxygen atoms in total. The Labute approximate surface area is 166 Å². The lowest BCUT2D eigenvalue weighted by molar-refractivity contribution is 0.0517. The van der Waals surface area contributed by atoms with E-state index in [4.69, 9.17) is 19.5 Å². The van der Waals surface area contributed by atoms with E-state index in [1.807, 2.05) is 48.5 Å².